The summed E-state index contributed by atoms with van der Waals surface area (Å²) in [6, 6.07) is 19.3. The molecule has 3 aromatic carbocycles. The summed E-state index contributed by atoms with van der Waals surface area (Å²) in [5, 5.41) is 3.58. The Bertz CT molecular complexity index is 1320. The standard InChI is InChI=1S/C30H34ClN3O3S/c1-3-16-33(17-4-2)18-8-15-32-29(35)23-13-14-28-26(20-23)34(21-22-9-7-10-24(31)19-22)30(36)25-11-5-6-12-27(25)38(28)37/h5-7,9-14,19-20H,3-4,8,15-18,21H2,1-2H3,(H,32,35)/t38-/m0/s1. The van der Waals surface area contributed by atoms with Crippen molar-refractivity contribution in [1.29, 1.82) is 0 Å². The number of hydrogen-bond donors (Lipinski definition) is 1. The van der Waals surface area contributed by atoms with Crippen LogP contribution in [0.3, 0.4) is 0 Å². The van der Waals surface area contributed by atoms with Gasteiger partial charge < -0.3 is 15.1 Å². The topological polar surface area (TPSA) is 69.7 Å². The van der Waals surface area contributed by atoms with Gasteiger partial charge in [0.1, 0.15) is 0 Å². The first-order valence-corrected chi connectivity index (χ1v) is 14.7. The van der Waals surface area contributed by atoms with E-state index in [1.54, 1.807) is 59.5 Å². The molecule has 0 aliphatic carbocycles. The first-order valence-electron chi connectivity index (χ1n) is 13.1. The normalized spacial score (nSPS) is 14.7. The summed E-state index contributed by atoms with van der Waals surface area (Å²) in [7, 11) is -1.57. The first kappa shape index (κ1) is 28.0. The van der Waals surface area contributed by atoms with Crippen molar-refractivity contribution in [2.75, 3.05) is 31.1 Å². The number of hydrogen-bond acceptors (Lipinski definition) is 4. The molecule has 0 saturated heterocycles. The molecule has 4 rings (SSSR count). The van der Waals surface area contributed by atoms with Crippen LogP contribution >= 0.6 is 11.6 Å². The van der Waals surface area contributed by atoms with Crippen LogP contribution in [0.1, 0.15) is 59.4 Å². The van der Waals surface area contributed by atoms with Crippen molar-refractivity contribution < 1.29 is 13.8 Å². The Morgan fingerprint density at radius 1 is 0.947 bits per heavy atom. The maximum Gasteiger partial charge on any atom is 0.259 e. The summed E-state index contributed by atoms with van der Waals surface area (Å²) in [4.78, 5) is 31.8. The third-order valence-electron chi connectivity index (χ3n) is 6.52. The van der Waals surface area contributed by atoms with Crippen LogP contribution in [-0.2, 0) is 17.3 Å². The summed E-state index contributed by atoms with van der Waals surface area (Å²) < 4.78 is 13.6. The van der Waals surface area contributed by atoms with Crippen molar-refractivity contribution in [3.63, 3.8) is 0 Å². The average Bonchev–Trinajstić information content (AvgIpc) is 3.00. The Morgan fingerprint density at radius 3 is 2.45 bits per heavy atom. The molecule has 1 aliphatic heterocycles. The van der Waals surface area contributed by atoms with E-state index in [2.05, 4.69) is 24.1 Å². The summed E-state index contributed by atoms with van der Waals surface area (Å²) in [5.74, 6) is -0.481. The molecule has 1 aliphatic rings. The van der Waals surface area contributed by atoms with E-state index >= 15 is 0 Å². The second-order valence-corrected chi connectivity index (χ2v) is 11.3. The molecule has 38 heavy (non-hydrogen) atoms. The molecule has 8 heteroatoms. The van der Waals surface area contributed by atoms with Crippen LogP contribution in [-0.4, -0.2) is 47.1 Å². The van der Waals surface area contributed by atoms with E-state index < -0.39 is 10.8 Å². The van der Waals surface area contributed by atoms with Crippen molar-refractivity contribution in [3.8, 4) is 0 Å². The molecule has 2 amide bonds. The summed E-state index contributed by atoms with van der Waals surface area (Å²) in [6.07, 6.45) is 3.07. The van der Waals surface area contributed by atoms with Gasteiger partial charge in [0.2, 0.25) is 0 Å². The number of fused-ring (bicyclic) bond motifs is 2. The number of anilines is 1. The molecule has 6 nitrogen and oxygen atoms in total. The number of halogens is 1. The van der Waals surface area contributed by atoms with Crippen molar-refractivity contribution in [3.05, 3.63) is 88.4 Å². The van der Waals surface area contributed by atoms with Crippen molar-refractivity contribution in [1.82, 2.24) is 10.2 Å². The lowest BCUT2D eigenvalue weighted by atomic mass is 10.1. The van der Waals surface area contributed by atoms with Crippen molar-refractivity contribution in [2.24, 2.45) is 0 Å². The molecule has 3 aromatic rings. The number of carbonyl (C=O) groups is 2. The number of benzene rings is 3. The molecule has 0 bridgehead atoms. The molecule has 0 unspecified atom stereocenters. The molecule has 0 aromatic heterocycles. The molecule has 1 heterocycles. The van der Waals surface area contributed by atoms with E-state index in [4.69, 9.17) is 11.6 Å². The van der Waals surface area contributed by atoms with E-state index in [-0.39, 0.29) is 18.4 Å². The highest BCUT2D eigenvalue weighted by Gasteiger charge is 2.31. The minimum atomic E-state index is -1.57. The van der Waals surface area contributed by atoms with Gasteiger partial charge in [-0.2, -0.15) is 0 Å². The molecule has 1 N–H and O–H groups in total. The van der Waals surface area contributed by atoms with Gasteiger partial charge in [0.15, 0.2) is 0 Å². The monoisotopic (exact) mass is 551 g/mol. The van der Waals surface area contributed by atoms with E-state index in [0.29, 0.717) is 38.2 Å². The van der Waals surface area contributed by atoms with E-state index in [1.165, 1.54) is 0 Å². The molecule has 0 saturated carbocycles. The SMILES string of the molecule is CCCN(CCC)CCCNC(=O)c1ccc2c(c1)N(Cc1cccc(Cl)c1)C(=O)c1ccccc1[S@@]2=O. The van der Waals surface area contributed by atoms with Gasteiger partial charge in [-0.3, -0.25) is 9.59 Å². The fraction of sp³-hybridized carbons (Fsp3) is 0.333. The van der Waals surface area contributed by atoms with Crippen LogP contribution in [0.25, 0.3) is 0 Å². The molecular weight excluding hydrogens is 518 g/mol. The highest BCUT2D eigenvalue weighted by atomic mass is 35.5. The molecule has 0 spiro atoms. The number of nitrogens with one attached hydrogen (secondary N) is 1. The Labute approximate surface area is 232 Å². The highest BCUT2D eigenvalue weighted by Crippen LogP contribution is 2.36. The number of amides is 2. The quantitative estimate of drug-likeness (QED) is 0.301. The lowest BCUT2D eigenvalue weighted by molar-refractivity contribution is 0.0948. The van der Waals surface area contributed by atoms with Gasteiger partial charge in [0, 0.05) is 17.1 Å². The van der Waals surface area contributed by atoms with Crippen molar-refractivity contribution >= 4 is 39.9 Å². The van der Waals surface area contributed by atoms with Crippen LogP contribution in [0.5, 0.6) is 0 Å². The average molecular weight is 552 g/mol. The molecule has 0 radical (unpaired) electrons. The first-order chi connectivity index (χ1) is 18.4. The molecular formula is C30H34ClN3O3S. The third-order valence-corrected chi connectivity index (χ3v) is 8.26. The van der Waals surface area contributed by atoms with E-state index in [9.17, 15) is 13.8 Å². The van der Waals surface area contributed by atoms with E-state index in [1.807, 2.05) is 12.1 Å². The second-order valence-electron chi connectivity index (χ2n) is 9.42. The molecule has 1 atom stereocenters. The Morgan fingerprint density at radius 2 is 1.71 bits per heavy atom. The van der Waals surface area contributed by atoms with Gasteiger partial charge in [-0.1, -0.05) is 49.7 Å². The smallest absolute Gasteiger partial charge is 0.259 e. The maximum atomic E-state index is 13.7. The summed E-state index contributed by atoms with van der Waals surface area (Å²) >= 11 is 6.21. The maximum absolute atomic E-state index is 13.7. The lowest BCUT2D eigenvalue weighted by Crippen LogP contribution is -2.32. The highest BCUT2D eigenvalue weighted by molar-refractivity contribution is 7.85. The zero-order chi connectivity index (χ0) is 27.1. The zero-order valence-electron chi connectivity index (χ0n) is 21.9. The van der Waals surface area contributed by atoms with E-state index in [0.717, 1.165) is 44.5 Å². The van der Waals surface area contributed by atoms with Gasteiger partial charge in [-0.05, 0) is 86.9 Å². The largest absolute Gasteiger partial charge is 0.352 e. The summed E-state index contributed by atoms with van der Waals surface area (Å²) in [6.45, 7) is 8.19. The van der Waals surface area contributed by atoms with Crippen LogP contribution < -0.4 is 10.2 Å². The van der Waals surface area contributed by atoms with Crippen LogP contribution in [0.4, 0.5) is 5.69 Å². The number of rotatable bonds is 11. The van der Waals surface area contributed by atoms with Gasteiger partial charge in [0.25, 0.3) is 11.8 Å². The predicted octanol–water partition coefficient (Wildman–Crippen LogP) is 5.91. The molecule has 0 fully saturated rings. The fourth-order valence-electron chi connectivity index (χ4n) is 4.75. The second kappa shape index (κ2) is 13.2. The fourth-order valence-corrected chi connectivity index (χ4v) is 6.31. The number of carbonyl (C=O) groups excluding carboxylic acids is 2. The Kier molecular flexibility index (Phi) is 9.72. The van der Waals surface area contributed by atoms with Gasteiger partial charge in [-0.25, -0.2) is 4.21 Å². The minimum Gasteiger partial charge on any atom is -0.352 e. The Balaban J connectivity index is 1.60. The predicted molar refractivity (Wildman–Crippen MR) is 153 cm³/mol. The van der Waals surface area contributed by atoms with Crippen LogP contribution in [0, 0.1) is 0 Å². The number of nitrogens with zero attached hydrogens (tertiary/aromatic N) is 2. The van der Waals surface area contributed by atoms with Crippen LogP contribution in [0.15, 0.2) is 76.5 Å². The lowest BCUT2D eigenvalue weighted by Gasteiger charge is -2.24. The van der Waals surface area contributed by atoms with Gasteiger partial charge in [0.05, 0.1) is 38.4 Å². The molecule has 200 valence electrons. The summed E-state index contributed by atoms with van der Waals surface area (Å²) in [5.41, 5.74) is 2.11. The Hall–Kier alpha value is -3.00. The minimum absolute atomic E-state index is 0.215. The van der Waals surface area contributed by atoms with Crippen LogP contribution in [0.2, 0.25) is 5.02 Å². The zero-order valence-corrected chi connectivity index (χ0v) is 23.5. The van der Waals surface area contributed by atoms with Gasteiger partial charge in [-0.15, -0.1) is 0 Å². The van der Waals surface area contributed by atoms with Gasteiger partial charge >= 0.3 is 0 Å². The van der Waals surface area contributed by atoms with Crippen molar-refractivity contribution in [2.45, 2.75) is 49.4 Å². The third kappa shape index (κ3) is 6.52.